The van der Waals surface area contributed by atoms with E-state index in [1.54, 1.807) is 12.1 Å². The smallest absolute Gasteiger partial charge is 0.255 e. The number of hydrogen-bond acceptors (Lipinski definition) is 2. The van der Waals surface area contributed by atoms with E-state index in [9.17, 15) is 4.79 Å². The highest BCUT2D eigenvalue weighted by Crippen LogP contribution is 2.19. The Labute approximate surface area is 130 Å². The van der Waals surface area contributed by atoms with Gasteiger partial charge < -0.3 is 5.32 Å². The van der Waals surface area contributed by atoms with E-state index in [2.05, 4.69) is 17.2 Å². The zero-order valence-electron chi connectivity index (χ0n) is 12.5. The van der Waals surface area contributed by atoms with Gasteiger partial charge in [0.25, 0.3) is 5.91 Å². The summed E-state index contributed by atoms with van der Waals surface area (Å²) in [4.78, 5) is 16.6. The van der Waals surface area contributed by atoms with E-state index in [4.69, 9.17) is 11.6 Å². The largest absolute Gasteiger partial charge is 0.322 e. The predicted molar refractivity (Wildman–Crippen MR) is 87.1 cm³/mol. The van der Waals surface area contributed by atoms with Crippen molar-refractivity contribution in [1.29, 1.82) is 0 Å². The molecule has 0 bridgehead atoms. The summed E-state index contributed by atoms with van der Waals surface area (Å²) in [5, 5.41) is 3.29. The lowest BCUT2D eigenvalue weighted by molar-refractivity contribution is 0.102. The van der Waals surface area contributed by atoms with Gasteiger partial charge in [-0.2, -0.15) is 0 Å². The number of pyridine rings is 1. The second kappa shape index (κ2) is 6.72. The van der Waals surface area contributed by atoms with E-state index in [1.807, 2.05) is 32.0 Å². The lowest BCUT2D eigenvalue weighted by Gasteiger charge is -2.10. The zero-order valence-corrected chi connectivity index (χ0v) is 13.3. The van der Waals surface area contributed by atoms with Gasteiger partial charge in [-0.05, 0) is 49.6 Å². The maximum atomic E-state index is 12.4. The Bertz CT molecular complexity index is 668. The summed E-state index contributed by atoms with van der Waals surface area (Å²) in [6.07, 6.45) is 1.77. The second-order valence-electron chi connectivity index (χ2n) is 5.19. The summed E-state index contributed by atoms with van der Waals surface area (Å²) in [7, 11) is 0. The number of rotatable bonds is 4. The molecule has 110 valence electrons. The molecule has 1 N–H and O–H groups in total. The fourth-order valence-corrected chi connectivity index (χ4v) is 2.36. The quantitative estimate of drug-likeness (QED) is 0.841. The molecule has 21 heavy (non-hydrogen) atoms. The van der Waals surface area contributed by atoms with Gasteiger partial charge in [0.05, 0.1) is 0 Å². The summed E-state index contributed by atoms with van der Waals surface area (Å²) >= 11 is 6.00. The van der Waals surface area contributed by atoms with Gasteiger partial charge in [0.1, 0.15) is 5.15 Å². The predicted octanol–water partition coefficient (Wildman–Crippen LogP) is 4.56. The third kappa shape index (κ3) is 4.05. The molecule has 4 heteroatoms. The average molecular weight is 303 g/mol. The van der Waals surface area contributed by atoms with Gasteiger partial charge in [-0.15, -0.1) is 0 Å². The van der Waals surface area contributed by atoms with Crippen LogP contribution in [0.2, 0.25) is 5.15 Å². The standard InChI is InChI=1S/C17H19ClN2O/c1-4-5-14-9-13(10-16(18)19-14)17(21)20-15-8-11(2)6-7-12(15)3/h6-10H,4-5H2,1-3H3,(H,20,21). The number of benzene rings is 1. The van der Waals surface area contributed by atoms with Crippen LogP contribution in [0.15, 0.2) is 30.3 Å². The zero-order chi connectivity index (χ0) is 15.4. The van der Waals surface area contributed by atoms with Crippen LogP contribution in [0.4, 0.5) is 5.69 Å². The Morgan fingerprint density at radius 1 is 1.24 bits per heavy atom. The van der Waals surface area contributed by atoms with Crippen LogP contribution in [0.3, 0.4) is 0 Å². The molecule has 0 saturated heterocycles. The van der Waals surface area contributed by atoms with Crippen molar-refractivity contribution in [2.45, 2.75) is 33.6 Å². The fraction of sp³-hybridized carbons (Fsp3) is 0.294. The van der Waals surface area contributed by atoms with Gasteiger partial charge in [0.2, 0.25) is 0 Å². The number of nitrogens with zero attached hydrogens (tertiary/aromatic N) is 1. The molecule has 0 aliphatic carbocycles. The van der Waals surface area contributed by atoms with Crippen LogP contribution in [-0.4, -0.2) is 10.9 Å². The number of halogens is 1. The molecule has 2 aromatic rings. The van der Waals surface area contributed by atoms with E-state index in [-0.39, 0.29) is 5.91 Å². The normalized spacial score (nSPS) is 10.5. The van der Waals surface area contributed by atoms with Crippen LogP contribution in [0.1, 0.15) is 40.5 Å². The van der Waals surface area contributed by atoms with Crippen molar-refractivity contribution in [3.8, 4) is 0 Å². The fourth-order valence-electron chi connectivity index (χ4n) is 2.13. The number of aromatic nitrogens is 1. The lowest BCUT2D eigenvalue weighted by Crippen LogP contribution is -2.13. The molecule has 0 aliphatic rings. The Morgan fingerprint density at radius 3 is 2.71 bits per heavy atom. The minimum atomic E-state index is -0.162. The SMILES string of the molecule is CCCc1cc(C(=O)Nc2cc(C)ccc2C)cc(Cl)n1. The van der Waals surface area contributed by atoms with Gasteiger partial charge in [-0.1, -0.05) is 37.1 Å². The third-order valence-electron chi connectivity index (χ3n) is 3.26. The molecule has 0 spiro atoms. The number of carbonyl (C=O) groups excluding carboxylic acids is 1. The van der Waals surface area contributed by atoms with E-state index >= 15 is 0 Å². The minimum Gasteiger partial charge on any atom is -0.322 e. The summed E-state index contributed by atoms with van der Waals surface area (Å²) < 4.78 is 0. The molecular weight excluding hydrogens is 284 g/mol. The first-order valence-corrected chi connectivity index (χ1v) is 7.42. The number of anilines is 1. The Hall–Kier alpha value is -1.87. The average Bonchev–Trinajstić information content (AvgIpc) is 2.42. The van der Waals surface area contributed by atoms with Crippen LogP contribution in [0.5, 0.6) is 0 Å². The van der Waals surface area contributed by atoms with Crippen molar-refractivity contribution >= 4 is 23.2 Å². The Morgan fingerprint density at radius 2 is 2.00 bits per heavy atom. The highest BCUT2D eigenvalue weighted by molar-refractivity contribution is 6.29. The van der Waals surface area contributed by atoms with Crippen molar-refractivity contribution in [1.82, 2.24) is 4.98 Å². The van der Waals surface area contributed by atoms with Gasteiger partial charge in [0, 0.05) is 16.9 Å². The van der Waals surface area contributed by atoms with Crippen molar-refractivity contribution in [2.24, 2.45) is 0 Å². The van der Waals surface area contributed by atoms with Crippen molar-refractivity contribution in [2.75, 3.05) is 5.32 Å². The van der Waals surface area contributed by atoms with Crippen LogP contribution < -0.4 is 5.32 Å². The summed E-state index contributed by atoms with van der Waals surface area (Å²) in [5.74, 6) is -0.162. The van der Waals surface area contributed by atoms with Crippen LogP contribution in [-0.2, 0) is 6.42 Å². The second-order valence-corrected chi connectivity index (χ2v) is 5.58. The molecule has 0 radical (unpaired) electrons. The van der Waals surface area contributed by atoms with Gasteiger partial charge in [-0.25, -0.2) is 4.98 Å². The molecule has 0 aliphatic heterocycles. The number of nitrogens with one attached hydrogen (secondary N) is 1. The first-order valence-electron chi connectivity index (χ1n) is 7.04. The van der Waals surface area contributed by atoms with E-state index in [1.165, 1.54) is 0 Å². The van der Waals surface area contributed by atoms with Crippen LogP contribution in [0.25, 0.3) is 0 Å². The Balaban J connectivity index is 2.25. The maximum Gasteiger partial charge on any atom is 0.255 e. The lowest BCUT2D eigenvalue weighted by atomic mass is 10.1. The first kappa shape index (κ1) is 15.5. The summed E-state index contributed by atoms with van der Waals surface area (Å²) in [6.45, 7) is 6.04. The van der Waals surface area contributed by atoms with Crippen molar-refractivity contribution in [3.63, 3.8) is 0 Å². The topological polar surface area (TPSA) is 42.0 Å². The molecule has 0 unspecified atom stereocenters. The van der Waals surface area contributed by atoms with E-state index in [0.717, 1.165) is 35.3 Å². The van der Waals surface area contributed by atoms with Gasteiger partial charge >= 0.3 is 0 Å². The highest BCUT2D eigenvalue weighted by Gasteiger charge is 2.11. The molecular formula is C17H19ClN2O. The summed E-state index contributed by atoms with van der Waals surface area (Å²) in [6, 6.07) is 9.38. The van der Waals surface area contributed by atoms with Crippen LogP contribution in [0, 0.1) is 13.8 Å². The number of hydrogen-bond donors (Lipinski definition) is 1. The molecule has 0 saturated carbocycles. The number of amides is 1. The van der Waals surface area contributed by atoms with E-state index < -0.39 is 0 Å². The highest BCUT2D eigenvalue weighted by atomic mass is 35.5. The monoisotopic (exact) mass is 302 g/mol. The van der Waals surface area contributed by atoms with Crippen LogP contribution >= 0.6 is 11.6 Å². The molecule has 1 aromatic heterocycles. The van der Waals surface area contributed by atoms with Crippen molar-refractivity contribution in [3.05, 3.63) is 57.9 Å². The summed E-state index contributed by atoms with van der Waals surface area (Å²) in [5.41, 5.74) is 4.35. The number of carbonyl (C=O) groups is 1. The molecule has 1 aromatic carbocycles. The molecule has 1 amide bonds. The van der Waals surface area contributed by atoms with Gasteiger partial charge in [0.15, 0.2) is 0 Å². The maximum absolute atomic E-state index is 12.4. The molecule has 1 heterocycles. The molecule has 0 atom stereocenters. The van der Waals surface area contributed by atoms with Crippen molar-refractivity contribution < 1.29 is 4.79 Å². The number of aryl methyl sites for hydroxylation is 3. The van der Waals surface area contributed by atoms with E-state index in [0.29, 0.717) is 10.7 Å². The molecule has 0 fully saturated rings. The molecule has 2 rings (SSSR count). The molecule has 3 nitrogen and oxygen atoms in total. The minimum absolute atomic E-state index is 0.162. The van der Waals surface area contributed by atoms with Gasteiger partial charge in [-0.3, -0.25) is 4.79 Å². The first-order chi connectivity index (χ1) is 9.99. The third-order valence-corrected chi connectivity index (χ3v) is 3.45. The Kier molecular flexibility index (Phi) is 4.97.